The SMILES string of the molecule is COc1ccc(C(=O)NC(=O)CSc2n[nH]c(CCC3CCCC3)n2)cc1. The Labute approximate surface area is 162 Å². The van der Waals surface area contributed by atoms with Gasteiger partial charge < -0.3 is 4.74 Å². The number of methoxy groups -OCH3 is 1. The fourth-order valence-corrected chi connectivity index (χ4v) is 3.82. The molecule has 1 aromatic heterocycles. The van der Waals surface area contributed by atoms with Crippen LogP contribution >= 0.6 is 11.8 Å². The van der Waals surface area contributed by atoms with Gasteiger partial charge in [0.25, 0.3) is 5.91 Å². The number of hydrogen-bond donors (Lipinski definition) is 2. The third-order valence-electron chi connectivity index (χ3n) is 4.71. The van der Waals surface area contributed by atoms with Crippen LogP contribution in [-0.2, 0) is 11.2 Å². The van der Waals surface area contributed by atoms with Crippen molar-refractivity contribution in [3.05, 3.63) is 35.7 Å². The summed E-state index contributed by atoms with van der Waals surface area (Å²) in [5, 5.41) is 9.97. The molecule has 0 unspecified atom stereocenters. The van der Waals surface area contributed by atoms with Crippen LogP contribution in [-0.4, -0.2) is 39.9 Å². The summed E-state index contributed by atoms with van der Waals surface area (Å²) >= 11 is 1.21. The van der Waals surface area contributed by atoms with Crippen LogP contribution in [0.5, 0.6) is 5.75 Å². The van der Waals surface area contributed by atoms with Gasteiger partial charge in [-0.2, -0.15) is 0 Å². The van der Waals surface area contributed by atoms with Crippen molar-refractivity contribution in [3.8, 4) is 5.75 Å². The van der Waals surface area contributed by atoms with Gasteiger partial charge in [0, 0.05) is 12.0 Å². The van der Waals surface area contributed by atoms with Crippen molar-refractivity contribution in [2.24, 2.45) is 5.92 Å². The quantitative estimate of drug-likeness (QED) is 0.675. The highest BCUT2D eigenvalue weighted by Gasteiger charge is 2.16. The predicted octanol–water partition coefficient (Wildman–Crippen LogP) is 2.98. The number of nitrogens with one attached hydrogen (secondary N) is 2. The summed E-state index contributed by atoms with van der Waals surface area (Å²) < 4.78 is 5.05. The lowest BCUT2D eigenvalue weighted by Crippen LogP contribution is -2.31. The number of ether oxygens (including phenoxy) is 1. The first-order valence-corrected chi connectivity index (χ1v) is 10.1. The Hall–Kier alpha value is -2.35. The fourth-order valence-electron chi connectivity index (χ4n) is 3.20. The molecule has 1 aliphatic carbocycles. The number of aromatic amines is 1. The highest BCUT2D eigenvalue weighted by molar-refractivity contribution is 7.99. The highest BCUT2D eigenvalue weighted by Crippen LogP contribution is 2.28. The third-order valence-corrected chi connectivity index (χ3v) is 5.56. The highest BCUT2D eigenvalue weighted by atomic mass is 32.2. The number of amides is 2. The van der Waals surface area contributed by atoms with Crippen LogP contribution in [0.3, 0.4) is 0 Å². The minimum absolute atomic E-state index is 0.0851. The van der Waals surface area contributed by atoms with Crippen molar-refractivity contribution in [1.29, 1.82) is 0 Å². The number of H-pyrrole nitrogens is 1. The molecule has 0 aliphatic heterocycles. The molecule has 1 aliphatic rings. The van der Waals surface area contributed by atoms with Gasteiger partial charge in [-0.15, -0.1) is 5.10 Å². The van der Waals surface area contributed by atoms with Crippen molar-refractivity contribution in [1.82, 2.24) is 20.5 Å². The molecule has 144 valence electrons. The van der Waals surface area contributed by atoms with Crippen LogP contribution in [0.2, 0.25) is 0 Å². The lowest BCUT2D eigenvalue weighted by molar-refractivity contribution is -0.117. The zero-order chi connectivity index (χ0) is 19.1. The van der Waals surface area contributed by atoms with E-state index in [-0.39, 0.29) is 11.7 Å². The Morgan fingerprint density at radius 2 is 2.00 bits per heavy atom. The largest absolute Gasteiger partial charge is 0.497 e. The van der Waals surface area contributed by atoms with E-state index in [4.69, 9.17) is 4.74 Å². The Balaban J connectivity index is 1.41. The Kier molecular flexibility index (Phi) is 6.86. The summed E-state index contributed by atoms with van der Waals surface area (Å²) in [5.74, 6) is 1.59. The molecule has 0 bridgehead atoms. The van der Waals surface area contributed by atoms with Crippen molar-refractivity contribution in [2.75, 3.05) is 12.9 Å². The van der Waals surface area contributed by atoms with Gasteiger partial charge in [0.2, 0.25) is 11.1 Å². The molecule has 3 rings (SSSR count). The summed E-state index contributed by atoms with van der Waals surface area (Å²) in [4.78, 5) is 28.5. The van der Waals surface area contributed by atoms with Crippen molar-refractivity contribution in [3.63, 3.8) is 0 Å². The van der Waals surface area contributed by atoms with Gasteiger partial charge in [-0.25, -0.2) is 4.98 Å². The van der Waals surface area contributed by atoms with E-state index in [2.05, 4.69) is 20.5 Å². The molecular formula is C19H24N4O3S. The average Bonchev–Trinajstić information content (AvgIpc) is 3.36. The topological polar surface area (TPSA) is 97.0 Å². The van der Waals surface area contributed by atoms with E-state index in [1.165, 1.54) is 37.4 Å². The van der Waals surface area contributed by atoms with Crippen LogP contribution in [0.1, 0.15) is 48.3 Å². The van der Waals surface area contributed by atoms with Gasteiger partial charge in [-0.3, -0.25) is 20.0 Å². The van der Waals surface area contributed by atoms with E-state index >= 15 is 0 Å². The first kappa shape index (κ1) is 19.4. The minimum atomic E-state index is -0.435. The van der Waals surface area contributed by atoms with Crippen molar-refractivity contribution < 1.29 is 14.3 Å². The number of imide groups is 1. The summed E-state index contributed by atoms with van der Waals surface area (Å²) in [6.07, 6.45) is 7.34. The van der Waals surface area contributed by atoms with E-state index in [1.54, 1.807) is 31.4 Å². The first-order chi connectivity index (χ1) is 13.1. The average molecular weight is 388 g/mol. The lowest BCUT2D eigenvalue weighted by atomic mass is 10.0. The number of nitrogens with zero attached hydrogens (tertiary/aromatic N) is 2. The molecule has 1 fully saturated rings. The number of thioether (sulfide) groups is 1. The van der Waals surface area contributed by atoms with Gasteiger partial charge in [-0.05, 0) is 36.6 Å². The lowest BCUT2D eigenvalue weighted by Gasteiger charge is -2.05. The minimum Gasteiger partial charge on any atom is -0.497 e. The maximum Gasteiger partial charge on any atom is 0.257 e. The Morgan fingerprint density at radius 3 is 2.70 bits per heavy atom. The molecule has 1 aromatic carbocycles. The van der Waals surface area contributed by atoms with E-state index in [0.717, 1.165) is 24.6 Å². The van der Waals surface area contributed by atoms with Crippen LogP contribution in [0.25, 0.3) is 0 Å². The molecule has 0 spiro atoms. The molecular weight excluding hydrogens is 364 g/mol. The molecule has 1 heterocycles. The van der Waals surface area contributed by atoms with Crippen LogP contribution < -0.4 is 10.1 Å². The fraction of sp³-hybridized carbons (Fsp3) is 0.474. The van der Waals surface area contributed by atoms with Crippen LogP contribution in [0.4, 0.5) is 0 Å². The maximum atomic E-state index is 12.1. The molecule has 2 amide bonds. The normalized spacial score (nSPS) is 14.3. The van der Waals surface area contributed by atoms with Crippen molar-refractivity contribution in [2.45, 2.75) is 43.7 Å². The summed E-state index contributed by atoms with van der Waals surface area (Å²) in [5.41, 5.74) is 0.404. The molecule has 2 N–H and O–H groups in total. The van der Waals surface area contributed by atoms with Gasteiger partial charge >= 0.3 is 0 Å². The number of aromatic nitrogens is 3. The summed E-state index contributed by atoms with van der Waals surface area (Å²) in [6, 6.07) is 6.57. The number of aryl methyl sites for hydroxylation is 1. The first-order valence-electron chi connectivity index (χ1n) is 9.16. The second-order valence-electron chi connectivity index (χ2n) is 6.65. The number of benzene rings is 1. The Morgan fingerprint density at radius 1 is 1.26 bits per heavy atom. The number of carbonyl (C=O) groups excluding carboxylic acids is 2. The molecule has 27 heavy (non-hydrogen) atoms. The molecule has 0 radical (unpaired) electrons. The van der Waals surface area contributed by atoms with Gasteiger partial charge in [0.15, 0.2) is 0 Å². The van der Waals surface area contributed by atoms with E-state index in [0.29, 0.717) is 16.5 Å². The second kappa shape index (κ2) is 9.55. The van der Waals surface area contributed by atoms with Gasteiger partial charge in [-0.1, -0.05) is 37.4 Å². The number of carbonyl (C=O) groups is 2. The Bertz CT molecular complexity index is 770. The second-order valence-corrected chi connectivity index (χ2v) is 7.59. The predicted molar refractivity (Wildman–Crippen MR) is 103 cm³/mol. The van der Waals surface area contributed by atoms with Gasteiger partial charge in [0.1, 0.15) is 11.6 Å². The molecule has 7 nitrogen and oxygen atoms in total. The van der Waals surface area contributed by atoms with E-state index in [9.17, 15) is 9.59 Å². The maximum absolute atomic E-state index is 12.1. The molecule has 1 saturated carbocycles. The van der Waals surface area contributed by atoms with Crippen LogP contribution in [0.15, 0.2) is 29.4 Å². The zero-order valence-corrected chi connectivity index (χ0v) is 16.2. The summed E-state index contributed by atoms with van der Waals surface area (Å²) in [6.45, 7) is 0. The molecule has 0 atom stereocenters. The smallest absolute Gasteiger partial charge is 0.257 e. The molecule has 0 saturated heterocycles. The van der Waals surface area contributed by atoms with Crippen molar-refractivity contribution >= 4 is 23.6 Å². The van der Waals surface area contributed by atoms with Crippen LogP contribution in [0, 0.1) is 5.92 Å². The third kappa shape index (κ3) is 5.82. The number of hydrogen-bond acceptors (Lipinski definition) is 6. The van der Waals surface area contributed by atoms with E-state index < -0.39 is 5.91 Å². The van der Waals surface area contributed by atoms with Gasteiger partial charge in [0.05, 0.1) is 12.9 Å². The van der Waals surface area contributed by atoms with E-state index in [1.807, 2.05) is 0 Å². The summed E-state index contributed by atoms with van der Waals surface area (Å²) in [7, 11) is 1.55. The zero-order valence-electron chi connectivity index (χ0n) is 15.4. The monoisotopic (exact) mass is 388 g/mol. The molecule has 8 heteroatoms. The molecule has 2 aromatic rings. The standard InChI is InChI=1S/C19H24N4O3S/c1-26-15-9-7-14(8-10-15)18(25)21-17(24)12-27-19-20-16(22-23-19)11-6-13-4-2-3-5-13/h7-10,13H,2-6,11-12H2,1H3,(H,20,22,23)(H,21,24,25). The number of rotatable bonds is 8.